The van der Waals surface area contributed by atoms with E-state index in [9.17, 15) is 27.2 Å². The molecule has 2 nitrogen and oxygen atoms in total. The van der Waals surface area contributed by atoms with Crippen molar-refractivity contribution in [3.05, 3.63) is 0 Å². The first-order valence-electron chi connectivity index (χ1n) is 3.99. The van der Waals surface area contributed by atoms with Crippen LogP contribution in [0.4, 0.5) is 17.6 Å². The number of halogens is 4. The Balaban J connectivity index is 2.81. The largest absolute Gasteiger partial charge is 0.299 e. The maximum absolute atomic E-state index is 12.7. The van der Waals surface area contributed by atoms with E-state index in [1.54, 1.807) is 0 Å². The van der Waals surface area contributed by atoms with Gasteiger partial charge in [0.05, 0.1) is 25.7 Å². The quantitative estimate of drug-likeness (QED) is 0.575. The van der Waals surface area contributed by atoms with Gasteiger partial charge in [-0.25, -0.2) is 17.6 Å². The summed E-state index contributed by atoms with van der Waals surface area (Å²) in [5, 5.41) is 0. The molecule has 0 heterocycles. The average Bonchev–Trinajstić information content (AvgIpc) is 1.74. The zero-order chi connectivity index (χ0) is 11.0. The third-order valence-electron chi connectivity index (χ3n) is 1.82. The highest BCUT2D eigenvalue weighted by Gasteiger charge is 2.44. The fourth-order valence-electron chi connectivity index (χ4n) is 1.40. The number of hydrogen-bond donors (Lipinski definition) is 0. The van der Waals surface area contributed by atoms with Gasteiger partial charge in [-0.2, -0.15) is 0 Å². The fraction of sp³-hybridized carbons (Fsp3) is 0.750. The Morgan fingerprint density at radius 2 is 0.929 bits per heavy atom. The van der Waals surface area contributed by atoms with E-state index in [0.29, 0.717) is 0 Å². The monoisotopic (exact) mass is 212 g/mol. The highest BCUT2D eigenvalue weighted by atomic mass is 19.3. The summed E-state index contributed by atoms with van der Waals surface area (Å²) in [6.45, 7) is 0. The highest BCUT2D eigenvalue weighted by Crippen LogP contribution is 2.34. The summed E-state index contributed by atoms with van der Waals surface area (Å²) < 4.78 is 50.8. The zero-order valence-corrected chi connectivity index (χ0v) is 7.16. The van der Waals surface area contributed by atoms with Crippen LogP contribution in [0.15, 0.2) is 0 Å². The molecule has 14 heavy (non-hydrogen) atoms. The van der Waals surface area contributed by atoms with E-state index in [-0.39, 0.29) is 0 Å². The maximum Gasteiger partial charge on any atom is 0.261 e. The molecule has 0 aliphatic heterocycles. The summed E-state index contributed by atoms with van der Waals surface area (Å²) >= 11 is 0. The van der Waals surface area contributed by atoms with Crippen LogP contribution in [0, 0.1) is 0 Å². The van der Waals surface area contributed by atoms with Gasteiger partial charge in [-0.3, -0.25) is 9.59 Å². The summed E-state index contributed by atoms with van der Waals surface area (Å²) in [7, 11) is 0. The van der Waals surface area contributed by atoms with Crippen molar-refractivity contribution in [3.8, 4) is 0 Å². The second-order valence-electron chi connectivity index (χ2n) is 3.50. The normalized spacial score (nSPS) is 26.9. The molecule has 80 valence electrons. The first-order chi connectivity index (χ1) is 6.20. The minimum Gasteiger partial charge on any atom is -0.299 e. The van der Waals surface area contributed by atoms with Gasteiger partial charge >= 0.3 is 0 Å². The van der Waals surface area contributed by atoms with Crippen molar-refractivity contribution < 1.29 is 27.2 Å². The van der Waals surface area contributed by atoms with Crippen molar-refractivity contribution in [1.29, 1.82) is 0 Å². The van der Waals surface area contributed by atoms with Crippen LogP contribution in [0.5, 0.6) is 0 Å². The number of carbonyl (C=O) groups is 2. The third-order valence-corrected chi connectivity index (χ3v) is 1.82. The lowest BCUT2D eigenvalue weighted by molar-refractivity contribution is -0.147. The van der Waals surface area contributed by atoms with E-state index in [2.05, 4.69) is 0 Å². The Morgan fingerprint density at radius 1 is 0.714 bits per heavy atom. The van der Waals surface area contributed by atoms with Crippen LogP contribution in [0.25, 0.3) is 0 Å². The lowest BCUT2D eigenvalue weighted by Gasteiger charge is -2.22. The molecule has 1 rings (SSSR count). The molecule has 0 amide bonds. The molecule has 0 aromatic heterocycles. The Labute approximate surface area is 77.3 Å². The maximum atomic E-state index is 12.7. The third kappa shape index (κ3) is 3.08. The molecule has 1 aliphatic carbocycles. The number of Topliss-reactive ketones (excluding diaryl/α,β-unsaturated/α-hetero) is 2. The number of carbonyl (C=O) groups excluding carboxylic acids is 2. The molecule has 0 spiro atoms. The van der Waals surface area contributed by atoms with Crippen molar-refractivity contribution in [2.24, 2.45) is 0 Å². The molecule has 0 N–H and O–H groups in total. The molecule has 0 saturated heterocycles. The minimum absolute atomic E-state index is 1.20. The van der Waals surface area contributed by atoms with E-state index in [1.165, 1.54) is 0 Å². The summed E-state index contributed by atoms with van der Waals surface area (Å²) in [6, 6.07) is 0. The van der Waals surface area contributed by atoms with Crippen LogP contribution < -0.4 is 0 Å². The van der Waals surface area contributed by atoms with Gasteiger partial charge in [0.2, 0.25) is 0 Å². The predicted octanol–water partition coefficient (Wildman–Crippen LogP) is 1.97. The average molecular weight is 212 g/mol. The number of ketones is 2. The smallest absolute Gasteiger partial charge is 0.261 e. The van der Waals surface area contributed by atoms with E-state index in [4.69, 9.17) is 0 Å². The lowest BCUT2D eigenvalue weighted by atomic mass is 9.93. The summed E-state index contributed by atoms with van der Waals surface area (Å²) in [5.41, 5.74) is 0. The molecule has 0 atom stereocenters. The number of rotatable bonds is 0. The van der Waals surface area contributed by atoms with E-state index in [1.807, 2.05) is 0 Å². The van der Waals surface area contributed by atoms with E-state index < -0.39 is 49.1 Å². The SMILES string of the molecule is O=C1CC(F)(F)CC(=O)CC(F)(F)C1. The van der Waals surface area contributed by atoms with E-state index in [0.717, 1.165) is 0 Å². The van der Waals surface area contributed by atoms with Gasteiger partial charge in [0.15, 0.2) is 0 Å². The van der Waals surface area contributed by atoms with Gasteiger partial charge in [0.25, 0.3) is 11.8 Å². The van der Waals surface area contributed by atoms with Crippen molar-refractivity contribution in [1.82, 2.24) is 0 Å². The molecule has 1 aliphatic rings. The van der Waals surface area contributed by atoms with Crippen molar-refractivity contribution >= 4 is 11.6 Å². The van der Waals surface area contributed by atoms with Crippen LogP contribution in [-0.4, -0.2) is 23.4 Å². The van der Waals surface area contributed by atoms with Crippen LogP contribution in [-0.2, 0) is 9.59 Å². The van der Waals surface area contributed by atoms with Crippen molar-refractivity contribution in [2.75, 3.05) is 0 Å². The van der Waals surface area contributed by atoms with Crippen LogP contribution in [0.3, 0.4) is 0 Å². The van der Waals surface area contributed by atoms with Gasteiger partial charge in [0.1, 0.15) is 11.6 Å². The Morgan fingerprint density at radius 3 is 1.14 bits per heavy atom. The first-order valence-corrected chi connectivity index (χ1v) is 3.99. The summed E-state index contributed by atoms with van der Waals surface area (Å²) in [6.07, 6.45) is -5.08. The Bertz CT molecular complexity index is 225. The zero-order valence-electron chi connectivity index (χ0n) is 7.16. The lowest BCUT2D eigenvalue weighted by Crippen LogP contribution is -2.35. The van der Waals surface area contributed by atoms with Gasteiger partial charge in [0, 0.05) is 0 Å². The molecular formula is C8H8F4O2. The molecular weight excluding hydrogens is 204 g/mol. The Hall–Kier alpha value is -0.940. The van der Waals surface area contributed by atoms with Gasteiger partial charge in [-0.1, -0.05) is 0 Å². The molecule has 0 radical (unpaired) electrons. The van der Waals surface area contributed by atoms with Gasteiger partial charge < -0.3 is 0 Å². The molecule has 6 heteroatoms. The van der Waals surface area contributed by atoms with Crippen LogP contribution in [0.2, 0.25) is 0 Å². The Kier molecular flexibility index (Phi) is 2.65. The first kappa shape index (κ1) is 11.1. The highest BCUT2D eigenvalue weighted by molar-refractivity contribution is 5.86. The molecule has 1 fully saturated rings. The van der Waals surface area contributed by atoms with Crippen molar-refractivity contribution in [2.45, 2.75) is 37.5 Å². The molecule has 0 aromatic carbocycles. The number of alkyl halides is 4. The second-order valence-corrected chi connectivity index (χ2v) is 3.50. The minimum atomic E-state index is -3.47. The molecule has 0 bridgehead atoms. The topological polar surface area (TPSA) is 34.1 Å². The van der Waals surface area contributed by atoms with Crippen LogP contribution in [0.1, 0.15) is 25.7 Å². The van der Waals surface area contributed by atoms with E-state index >= 15 is 0 Å². The van der Waals surface area contributed by atoms with Gasteiger partial charge in [-0.15, -0.1) is 0 Å². The number of hydrogen-bond acceptors (Lipinski definition) is 2. The van der Waals surface area contributed by atoms with Gasteiger partial charge in [-0.05, 0) is 0 Å². The fourth-order valence-corrected chi connectivity index (χ4v) is 1.40. The second kappa shape index (κ2) is 3.33. The van der Waals surface area contributed by atoms with Crippen LogP contribution >= 0.6 is 0 Å². The standard InChI is InChI=1S/C8H8F4O2/c9-7(10)1-5(13)2-8(11,12)4-6(14)3-7/h1-4H2. The summed E-state index contributed by atoms with van der Waals surface area (Å²) in [5.74, 6) is -9.34. The predicted molar refractivity (Wildman–Crippen MR) is 38.4 cm³/mol. The molecule has 0 unspecified atom stereocenters. The molecule has 0 aromatic rings. The molecule has 1 saturated carbocycles. The van der Waals surface area contributed by atoms with Crippen molar-refractivity contribution in [3.63, 3.8) is 0 Å². The summed E-state index contributed by atoms with van der Waals surface area (Å²) in [4.78, 5) is 21.4.